The second kappa shape index (κ2) is 5.94. The number of rotatable bonds is 3. The van der Waals surface area contributed by atoms with E-state index in [1.165, 1.54) is 25.1 Å². The van der Waals surface area contributed by atoms with Crippen LogP contribution in [0, 0.1) is 11.9 Å². The quantitative estimate of drug-likeness (QED) is 0.838. The lowest BCUT2D eigenvalue weighted by molar-refractivity contribution is 0.0904. The second-order valence-electron chi connectivity index (χ2n) is 4.90. The van der Waals surface area contributed by atoms with E-state index in [4.69, 9.17) is 0 Å². The van der Waals surface area contributed by atoms with Crippen LogP contribution in [0.25, 0.3) is 0 Å². The van der Waals surface area contributed by atoms with Gasteiger partial charge in [0.25, 0.3) is 5.91 Å². The number of halogens is 1. The van der Waals surface area contributed by atoms with Gasteiger partial charge in [0, 0.05) is 23.9 Å². The Morgan fingerprint density at radius 1 is 1.50 bits per heavy atom. The molecule has 0 aliphatic heterocycles. The summed E-state index contributed by atoms with van der Waals surface area (Å²) in [6.45, 7) is 2.15. The van der Waals surface area contributed by atoms with Gasteiger partial charge in [-0.2, -0.15) is 4.39 Å². The van der Waals surface area contributed by atoms with Crippen LogP contribution in [0.4, 0.5) is 4.39 Å². The molecule has 2 atom stereocenters. The Kier molecular flexibility index (Phi) is 4.28. The van der Waals surface area contributed by atoms with Gasteiger partial charge >= 0.3 is 0 Å². The van der Waals surface area contributed by atoms with Crippen LogP contribution in [0.1, 0.15) is 49.4 Å². The van der Waals surface area contributed by atoms with Crippen LogP contribution >= 0.6 is 0 Å². The molecule has 0 radical (unpaired) electrons. The Morgan fingerprint density at radius 2 is 2.28 bits per heavy atom. The molecule has 98 valence electrons. The van der Waals surface area contributed by atoms with Gasteiger partial charge in [0.2, 0.25) is 5.95 Å². The number of carbonyl (C=O) groups excluding carboxylic acids is 1. The average Bonchev–Trinajstić information content (AvgIpc) is 2.39. The summed E-state index contributed by atoms with van der Waals surface area (Å²) in [7, 11) is 0. The summed E-state index contributed by atoms with van der Waals surface area (Å²) in [5.74, 6) is -0.255. The van der Waals surface area contributed by atoms with Crippen LogP contribution in [0.3, 0.4) is 0 Å². The summed E-state index contributed by atoms with van der Waals surface area (Å²) in [4.78, 5) is 15.5. The van der Waals surface area contributed by atoms with Crippen LogP contribution in [-0.4, -0.2) is 16.9 Å². The number of nitrogens with one attached hydrogen (secondary N) is 1. The van der Waals surface area contributed by atoms with Gasteiger partial charge in [-0.1, -0.05) is 26.2 Å². The molecule has 1 N–H and O–H groups in total. The first-order valence-electron chi connectivity index (χ1n) is 6.63. The van der Waals surface area contributed by atoms with Crippen molar-refractivity contribution in [2.75, 3.05) is 0 Å². The highest BCUT2D eigenvalue weighted by Gasteiger charge is 2.25. The number of carbonyl (C=O) groups is 1. The minimum atomic E-state index is -0.613. The molecule has 1 aromatic rings. The standard InChI is InChI=1S/C14H19FN2O/c1-2-10-5-3-4-6-12(10)17-14(18)11-7-8-16-13(15)9-11/h7-10,12H,2-6H2,1H3,(H,17,18)/t10-,12+/m0/s1. The third-order valence-corrected chi connectivity index (χ3v) is 3.74. The largest absolute Gasteiger partial charge is 0.349 e. The van der Waals surface area contributed by atoms with Crippen molar-refractivity contribution in [1.29, 1.82) is 0 Å². The number of aromatic nitrogens is 1. The molecule has 3 nitrogen and oxygen atoms in total. The summed E-state index contributed by atoms with van der Waals surface area (Å²) in [6.07, 6.45) is 7.00. The van der Waals surface area contributed by atoms with E-state index in [1.807, 2.05) is 0 Å². The summed E-state index contributed by atoms with van der Waals surface area (Å²) in [5, 5.41) is 3.03. The van der Waals surface area contributed by atoms with Crippen molar-refractivity contribution in [2.24, 2.45) is 5.92 Å². The van der Waals surface area contributed by atoms with E-state index in [9.17, 15) is 9.18 Å². The molecule has 0 aromatic carbocycles. The smallest absolute Gasteiger partial charge is 0.251 e. The van der Waals surface area contributed by atoms with Crippen molar-refractivity contribution in [3.63, 3.8) is 0 Å². The first kappa shape index (κ1) is 13.0. The molecular weight excluding hydrogens is 231 g/mol. The van der Waals surface area contributed by atoms with E-state index in [1.54, 1.807) is 6.07 Å². The Morgan fingerprint density at radius 3 is 3.00 bits per heavy atom. The molecule has 1 aliphatic rings. The van der Waals surface area contributed by atoms with E-state index >= 15 is 0 Å². The van der Waals surface area contributed by atoms with Gasteiger partial charge in [-0.25, -0.2) is 4.98 Å². The number of amides is 1. The fourth-order valence-electron chi connectivity index (χ4n) is 2.68. The fourth-order valence-corrected chi connectivity index (χ4v) is 2.68. The first-order valence-corrected chi connectivity index (χ1v) is 6.63. The lowest BCUT2D eigenvalue weighted by Crippen LogP contribution is -2.41. The molecule has 0 spiro atoms. The number of nitrogens with zero attached hydrogens (tertiary/aromatic N) is 1. The summed E-state index contributed by atoms with van der Waals surface area (Å²) in [6, 6.07) is 2.95. The highest BCUT2D eigenvalue weighted by Crippen LogP contribution is 2.26. The molecule has 1 aromatic heterocycles. The van der Waals surface area contributed by atoms with E-state index in [0.29, 0.717) is 11.5 Å². The predicted molar refractivity (Wildman–Crippen MR) is 67.7 cm³/mol. The SMILES string of the molecule is CC[C@H]1CCCC[C@H]1NC(=O)c1ccnc(F)c1. The maximum atomic E-state index is 13.0. The van der Waals surface area contributed by atoms with Crippen LogP contribution in [-0.2, 0) is 0 Å². The minimum absolute atomic E-state index is 0.193. The van der Waals surface area contributed by atoms with E-state index in [0.717, 1.165) is 19.3 Å². The maximum Gasteiger partial charge on any atom is 0.251 e. The lowest BCUT2D eigenvalue weighted by atomic mass is 9.83. The lowest BCUT2D eigenvalue weighted by Gasteiger charge is -2.31. The maximum absolute atomic E-state index is 13.0. The molecule has 1 amide bonds. The topological polar surface area (TPSA) is 42.0 Å². The monoisotopic (exact) mass is 250 g/mol. The number of pyridine rings is 1. The summed E-state index contributed by atoms with van der Waals surface area (Å²) < 4.78 is 13.0. The fraction of sp³-hybridized carbons (Fsp3) is 0.571. The number of hydrogen-bond acceptors (Lipinski definition) is 2. The van der Waals surface area contributed by atoms with Gasteiger partial charge in [0.05, 0.1) is 0 Å². The molecule has 2 rings (SSSR count). The van der Waals surface area contributed by atoms with Crippen molar-refractivity contribution < 1.29 is 9.18 Å². The zero-order valence-corrected chi connectivity index (χ0v) is 10.7. The molecule has 18 heavy (non-hydrogen) atoms. The molecule has 1 aliphatic carbocycles. The van der Waals surface area contributed by atoms with Gasteiger partial charge in [0.1, 0.15) is 0 Å². The van der Waals surface area contributed by atoms with Crippen LogP contribution < -0.4 is 5.32 Å². The first-order chi connectivity index (χ1) is 8.70. The van der Waals surface area contributed by atoms with Gasteiger partial charge in [-0.15, -0.1) is 0 Å². The molecular formula is C14H19FN2O. The molecule has 0 saturated heterocycles. The van der Waals surface area contributed by atoms with Crippen molar-refractivity contribution in [3.05, 3.63) is 29.8 Å². The normalized spacial score (nSPS) is 23.7. The van der Waals surface area contributed by atoms with Gasteiger partial charge < -0.3 is 5.32 Å². The minimum Gasteiger partial charge on any atom is -0.349 e. The Hall–Kier alpha value is -1.45. The van der Waals surface area contributed by atoms with E-state index in [2.05, 4.69) is 17.2 Å². The van der Waals surface area contributed by atoms with Crippen molar-refractivity contribution in [3.8, 4) is 0 Å². The Bertz CT molecular complexity index is 422. The third-order valence-electron chi connectivity index (χ3n) is 3.74. The zero-order chi connectivity index (χ0) is 13.0. The molecule has 4 heteroatoms. The van der Waals surface area contributed by atoms with Gasteiger partial charge in [0.15, 0.2) is 0 Å². The molecule has 0 unspecified atom stereocenters. The zero-order valence-electron chi connectivity index (χ0n) is 10.7. The van der Waals surface area contributed by atoms with E-state index < -0.39 is 5.95 Å². The molecule has 1 saturated carbocycles. The molecule has 0 bridgehead atoms. The third kappa shape index (κ3) is 3.06. The van der Waals surface area contributed by atoms with Gasteiger partial charge in [-0.05, 0) is 24.8 Å². The van der Waals surface area contributed by atoms with Crippen LogP contribution in [0.2, 0.25) is 0 Å². The van der Waals surface area contributed by atoms with Crippen molar-refractivity contribution in [2.45, 2.75) is 45.1 Å². The average molecular weight is 250 g/mol. The molecule has 1 heterocycles. The molecule has 1 fully saturated rings. The number of hydrogen-bond donors (Lipinski definition) is 1. The van der Waals surface area contributed by atoms with Crippen LogP contribution in [0.5, 0.6) is 0 Å². The van der Waals surface area contributed by atoms with Crippen LogP contribution in [0.15, 0.2) is 18.3 Å². The summed E-state index contributed by atoms with van der Waals surface area (Å²) in [5.41, 5.74) is 0.350. The second-order valence-corrected chi connectivity index (χ2v) is 4.90. The highest BCUT2D eigenvalue weighted by atomic mass is 19.1. The Labute approximate surface area is 107 Å². The Balaban J connectivity index is 2.02. The van der Waals surface area contributed by atoms with Crippen molar-refractivity contribution in [1.82, 2.24) is 10.3 Å². The van der Waals surface area contributed by atoms with Crippen molar-refractivity contribution >= 4 is 5.91 Å². The van der Waals surface area contributed by atoms with E-state index in [-0.39, 0.29) is 11.9 Å². The predicted octanol–water partition coefficient (Wildman–Crippen LogP) is 2.92. The van der Waals surface area contributed by atoms with Gasteiger partial charge in [-0.3, -0.25) is 4.79 Å². The summed E-state index contributed by atoms with van der Waals surface area (Å²) >= 11 is 0. The highest BCUT2D eigenvalue weighted by molar-refractivity contribution is 5.94.